The van der Waals surface area contributed by atoms with Gasteiger partial charge in [0.1, 0.15) is 11.5 Å². The molecule has 3 atom stereocenters. The molecule has 0 aliphatic heterocycles. The van der Waals surface area contributed by atoms with Crippen molar-refractivity contribution in [3.05, 3.63) is 46.6 Å². The second kappa shape index (κ2) is 12.1. The molecule has 42 heavy (non-hydrogen) atoms. The van der Waals surface area contributed by atoms with E-state index in [2.05, 4.69) is 15.3 Å². The molecule has 15 heteroatoms. The lowest BCUT2D eigenvalue weighted by molar-refractivity contribution is -0.129. The Morgan fingerprint density at radius 2 is 1.90 bits per heavy atom. The molecule has 2 heterocycles. The second-order valence-corrected chi connectivity index (χ2v) is 12.9. The molecule has 1 saturated carbocycles. The van der Waals surface area contributed by atoms with E-state index >= 15 is 0 Å². The normalized spacial score (nSPS) is 19.9. The summed E-state index contributed by atoms with van der Waals surface area (Å²) in [4.78, 5) is 24.6. The number of hydrogen-bond acceptors (Lipinski definition) is 8. The molecule has 230 valence electrons. The Labute approximate surface area is 240 Å². The Morgan fingerprint density at radius 1 is 1.19 bits per heavy atom. The van der Waals surface area contributed by atoms with Crippen molar-refractivity contribution >= 4 is 32.7 Å². The third kappa shape index (κ3) is 7.36. The van der Waals surface area contributed by atoms with Gasteiger partial charge in [0, 0.05) is 35.3 Å². The first-order valence-corrected chi connectivity index (χ1v) is 15.1. The van der Waals surface area contributed by atoms with Gasteiger partial charge in [-0.3, -0.25) is 14.1 Å². The number of pyridine rings is 1. The summed E-state index contributed by atoms with van der Waals surface area (Å²) < 4.78 is 79.5. The molecule has 1 fully saturated rings. The van der Waals surface area contributed by atoms with E-state index in [1.807, 2.05) is 23.7 Å². The number of fused-ring (bicyclic) bond motifs is 1. The van der Waals surface area contributed by atoms with Crippen molar-refractivity contribution in [2.75, 3.05) is 29.9 Å². The van der Waals surface area contributed by atoms with Crippen LogP contribution in [0.5, 0.6) is 0 Å². The number of hydrogen-bond donors (Lipinski definition) is 3. The monoisotopic (exact) mass is 614 g/mol. The lowest BCUT2D eigenvalue weighted by Gasteiger charge is -2.37. The largest absolute Gasteiger partial charge is 0.391 e. The van der Waals surface area contributed by atoms with Crippen LogP contribution < -0.4 is 15.6 Å². The van der Waals surface area contributed by atoms with Gasteiger partial charge in [0.25, 0.3) is 5.56 Å². The van der Waals surface area contributed by atoms with Crippen molar-refractivity contribution in [1.29, 1.82) is 0 Å². The minimum absolute atomic E-state index is 0.0560. The number of aliphatic hydroxyl groups is 1. The Morgan fingerprint density at radius 3 is 2.50 bits per heavy atom. The number of likely N-dealkylation sites (N-methyl/N-ethyl adjacent to an activating group) is 1. The predicted molar refractivity (Wildman–Crippen MR) is 152 cm³/mol. The standard InChI is InChI=1S/C27H34F4N6O4S/c1-15(2)37-24-17(14-32-26(34-24)33-18-6-8-22(36(3)4)23(38)13-18)11-19(25(37)39)16-5-7-21(20(28)12-16)35-42(40,41)10-9-27(29,30)31/h5,7,11-12,14-15,18,22-23,35,38H,6,8-10,13H2,1-4H3,(H,32,33,34)/t18-,22-,23-/m1/s1. The summed E-state index contributed by atoms with van der Waals surface area (Å²) >= 11 is 0. The lowest BCUT2D eigenvalue weighted by atomic mass is 9.88. The van der Waals surface area contributed by atoms with Gasteiger partial charge in [-0.15, -0.1) is 0 Å². The summed E-state index contributed by atoms with van der Waals surface area (Å²) in [7, 11) is -0.600. The molecule has 0 amide bonds. The van der Waals surface area contributed by atoms with Crippen LogP contribution in [0.1, 0.15) is 45.6 Å². The van der Waals surface area contributed by atoms with E-state index in [9.17, 15) is 35.9 Å². The van der Waals surface area contributed by atoms with Crippen LogP contribution in [-0.4, -0.2) is 77.2 Å². The Kier molecular flexibility index (Phi) is 9.14. The molecule has 1 aliphatic carbocycles. The fraction of sp³-hybridized carbons (Fsp3) is 0.519. The summed E-state index contributed by atoms with van der Waals surface area (Å²) in [5.74, 6) is -2.01. The number of benzene rings is 1. The number of alkyl halides is 3. The van der Waals surface area contributed by atoms with Crippen molar-refractivity contribution in [2.45, 2.75) is 69.9 Å². The summed E-state index contributed by atoms with van der Waals surface area (Å²) in [6, 6.07) is 4.49. The lowest BCUT2D eigenvalue weighted by Crippen LogP contribution is -2.46. The van der Waals surface area contributed by atoms with Crippen LogP contribution in [-0.2, 0) is 10.0 Å². The molecule has 1 aliphatic rings. The first-order valence-electron chi connectivity index (χ1n) is 13.4. The van der Waals surface area contributed by atoms with E-state index in [0.717, 1.165) is 25.0 Å². The number of nitrogens with zero attached hydrogens (tertiary/aromatic N) is 4. The van der Waals surface area contributed by atoms with E-state index in [0.29, 0.717) is 23.4 Å². The van der Waals surface area contributed by atoms with Crippen molar-refractivity contribution < 1.29 is 31.1 Å². The van der Waals surface area contributed by atoms with Gasteiger partial charge in [-0.25, -0.2) is 17.8 Å². The second-order valence-electron chi connectivity index (χ2n) is 11.0. The molecule has 2 aromatic heterocycles. The SMILES string of the molecule is CC(C)n1c(=O)c(-c2ccc(NS(=O)(=O)CCC(F)(F)F)c(F)c2)cc2cnc(N[C@@H]3CC[C@@H](N(C)C)[C@H](O)C3)nc21. The van der Waals surface area contributed by atoms with Gasteiger partial charge < -0.3 is 15.3 Å². The number of nitrogens with one attached hydrogen (secondary N) is 2. The van der Waals surface area contributed by atoms with Crippen LogP contribution in [0, 0.1) is 5.82 Å². The van der Waals surface area contributed by atoms with Crippen molar-refractivity contribution in [1.82, 2.24) is 19.4 Å². The number of anilines is 2. The highest BCUT2D eigenvalue weighted by Gasteiger charge is 2.31. The maximum atomic E-state index is 14.9. The van der Waals surface area contributed by atoms with Crippen molar-refractivity contribution in [2.24, 2.45) is 0 Å². The summed E-state index contributed by atoms with van der Waals surface area (Å²) in [6.45, 7) is 3.58. The molecule has 0 unspecified atom stereocenters. The summed E-state index contributed by atoms with van der Waals surface area (Å²) in [5, 5.41) is 14.3. The zero-order chi connectivity index (χ0) is 31.0. The van der Waals surface area contributed by atoms with Crippen molar-refractivity contribution in [3.63, 3.8) is 0 Å². The van der Waals surface area contributed by atoms with E-state index in [-0.39, 0.29) is 29.3 Å². The highest BCUT2D eigenvalue weighted by Crippen LogP contribution is 2.28. The zero-order valence-corrected chi connectivity index (χ0v) is 24.4. The van der Waals surface area contributed by atoms with Gasteiger partial charge >= 0.3 is 6.18 Å². The molecule has 3 N–H and O–H groups in total. The van der Waals surface area contributed by atoms with Crippen LogP contribution in [0.15, 0.2) is 35.3 Å². The van der Waals surface area contributed by atoms with Crippen LogP contribution in [0.25, 0.3) is 22.2 Å². The van der Waals surface area contributed by atoms with Gasteiger partial charge in [0.15, 0.2) is 0 Å². The molecule has 4 rings (SSSR count). The van der Waals surface area contributed by atoms with E-state index in [4.69, 9.17) is 0 Å². The van der Waals surface area contributed by atoms with Gasteiger partial charge in [-0.2, -0.15) is 18.2 Å². The van der Waals surface area contributed by atoms with E-state index in [1.165, 1.54) is 22.9 Å². The van der Waals surface area contributed by atoms with E-state index in [1.54, 1.807) is 13.8 Å². The van der Waals surface area contributed by atoms with Gasteiger partial charge in [0.05, 0.1) is 24.0 Å². The average molecular weight is 615 g/mol. The first-order chi connectivity index (χ1) is 19.5. The molecular weight excluding hydrogens is 580 g/mol. The van der Waals surface area contributed by atoms with Crippen LogP contribution in [0.2, 0.25) is 0 Å². The average Bonchev–Trinajstić information content (AvgIpc) is 2.87. The molecule has 0 radical (unpaired) electrons. The quantitative estimate of drug-likeness (QED) is 0.307. The molecule has 1 aromatic carbocycles. The smallest absolute Gasteiger partial charge is 0.390 e. The number of rotatable bonds is 9. The number of aliphatic hydroxyl groups excluding tert-OH is 1. The van der Waals surface area contributed by atoms with Crippen LogP contribution >= 0.6 is 0 Å². The van der Waals surface area contributed by atoms with E-state index < -0.39 is 51.5 Å². The first kappa shape index (κ1) is 31.6. The predicted octanol–water partition coefficient (Wildman–Crippen LogP) is 4.13. The third-order valence-electron chi connectivity index (χ3n) is 7.27. The third-order valence-corrected chi connectivity index (χ3v) is 8.54. The maximum absolute atomic E-state index is 14.9. The fourth-order valence-corrected chi connectivity index (χ4v) is 6.26. The minimum atomic E-state index is -4.68. The topological polar surface area (TPSA) is 129 Å². The van der Waals surface area contributed by atoms with Gasteiger partial charge in [-0.1, -0.05) is 6.07 Å². The Balaban J connectivity index is 1.62. The summed E-state index contributed by atoms with van der Waals surface area (Å²) in [6.07, 6.45) is -3.12. The fourth-order valence-electron chi connectivity index (χ4n) is 5.16. The molecular formula is C27H34F4N6O4S. The molecule has 0 bridgehead atoms. The maximum Gasteiger partial charge on any atom is 0.390 e. The van der Waals surface area contributed by atoms with Gasteiger partial charge in [0.2, 0.25) is 16.0 Å². The molecule has 10 nitrogen and oxygen atoms in total. The summed E-state index contributed by atoms with van der Waals surface area (Å²) in [5.41, 5.74) is -0.401. The van der Waals surface area contributed by atoms with Crippen LogP contribution in [0.3, 0.4) is 0 Å². The molecule has 0 spiro atoms. The minimum Gasteiger partial charge on any atom is -0.391 e. The highest BCUT2D eigenvalue weighted by molar-refractivity contribution is 7.92. The number of aromatic nitrogens is 3. The molecule has 3 aromatic rings. The van der Waals surface area contributed by atoms with Crippen LogP contribution in [0.4, 0.5) is 29.2 Å². The molecule has 0 saturated heterocycles. The Hall–Kier alpha value is -3.30. The number of halogens is 4. The Bertz CT molecular complexity index is 1610. The van der Waals surface area contributed by atoms with Crippen molar-refractivity contribution in [3.8, 4) is 11.1 Å². The van der Waals surface area contributed by atoms with Gasteiger partial charge in [-0.05, 0) is 71.0 Å². The number of sulfonamides is 1. The zero-order valence-electron chi connectivity index (χ0n) is 23.6. The highest BCUT2D eigenvalue weighted by atomic mass is 32.2.